The van der Waals surface area contributed by atoms with E-state index in [9.17, 15) is 17.6 Å². The van der Waals surface area contributed by atoms with Crippen molar-refractivity contribution in [3.05, 3.63) is 82.9 Å². The number of benzene rings is 2. The molecule has 7 nitrogen and oxygen atoms in total. The third kappa shape index (κ3) is 6.27. The maximum Gasteiger partial charge on any atom is 0.254 e. The second kappa shape index (κ2) is 10.8. The summed E-state index contributed by atoms with van der Waals surface area (Å²) >= 11 is 0. The van der Waals surface area contributed by atoms with Crippen LogP contribution in [0.15, 0.2) is 59.9 Å². The van der Waals surface area contributed by atoms with E-state index >= 15 is 0 Å². The third-order valence-corrected chi connectivity index (χ3v) is 8.57. The van der Waals surface area contributed by atoms with Crippen LogP contribution in [0.25, 0.3) is 0 Å². The molecule has 37 heavy (non-hydrogen) atoms. The summed E-state index contributed by atoms with van der Waals surface area (Å²) in [4.78, 5) is 19.6. The number of amides is 1. The van der Waals surface area contributed by atoms with Gasteiger partial charge in [0.15, 0.2) is 0 Å². The molecule has 1 amide bonds. The largest absolute Gasteiger partial charge is 0.376 e. The fraction of sp³-hybridized carbons (Fsp3) is 0.429. The predicted octanol–water partition coefficient (Wildman–Crippen LogP) is 4.54. The predicted molar refractivity (Wildman–Crippen MR) is 137 cm³/mol. The van der Waals surface area contributed by atoms with Crippen molar-refractivity contribution in [1.29, 1.82) is 0 Å². The van der Waals surface area contributed by atoms with E-state index in [2.05, 4.69) is 4.98 Å². The summed E-state index contributed by atoms with van der Waals surface area (Å²) in [5, 5.41) is -0.0449. The maximum absolute atomic E-state index is 13.5. The van der Waals surface area contributed by atoms with Crippen molar-refractivity contribution in [2.75, 3.05) is 13.2 Å². The van der Waals surface area contributed by atoms with Gasteiger partial charge in [-0.3, -0.25) is 4.79 Å². The lowest BCUT2D eigenvalue weighted by Crippen LogP contribution is -2.34. The monoisotopic (exact) mass is 525 g/mol. The van der Waals surface area contributed by atoms with Crippen molar-refractivity contribution in [3.8, 4) is 0 Å². The highest BCUT2D eigenvalue weighted by Crippen LogP contribution is 2.31. The first kappa shape index (κ1) is 25.6. The van der Waals surface area contributed by atoms with E-state index < -0.39 is 15.7 Å². The van der Waals surface area contributed by atoms with E-state index in [1.807, 2.05) is 36.1 Å². The first-order valence-corrected chi connectivity index (χ1v) is 14.4. The van der Waals surface area contributed by atoms with Gasteiger partial charge in [-0.2, -0.15) is 0 Å². The van der Waals surface area contributed by atoms with Crippen molar-refractivity contribution < 1.29 is 22.3 Å². The van der Waals surface area contributed by atoms with Crippen LogP contribution < -0.4 is 0 Å². The molecule has 9 heteroatoms. The highest BCUT2D eigenvalue weighted by molar-refractivity contribution is 7.90. The first-order chi connectivity index (χ1) is 17.8. The van der Waals surface area contributed by atoms with Gasteiger partial charge in [0.05, 0.1) is 36.8 Å². The Morgan fingerprint density at radius 3 is 2.49 bits per heavy atom. The number of carbonyl (C=O) groups excluding carboxylic acids is 1. The molecule has 1 aliphatic carbocycles. The Balaban J connectivity index is 1.45. The van der Waals surface area contributed by atoms with Crippen LogP contribution in [0.4, 0.5) is 4.39 Å². The van der Waals surface area contributed by atoms with Gasteiger partial charge >= 0.3 is 0 Å². The van der Waals surface area contributed by atoms with Crippen LogP contribution >= 0.6 is 0 Å². The van der Waals surface area contributed by atoms with Gasteiger partial charge in [0.2, 0.25) is 15.0 Å². The van der Waals surface area contributed by atoms with Crippen LogP contribution in [0.3, 0.4) is 0 Å². The molecule has 1 saturated heterocycles. The van der Waals surface area contributed by atoms with Crippen LogP contribution in [0.5, 0.6) is 0 Å². The van der Waals surface area contributed by atoms with Crippen LogP contribution in [0, 0.1) is 18.7 Å². The molecule has 0 N–H and O–H groups in total. The van der Waals surface area contributed by atoms with Crippen LogP contribution in [0.1, 0.15) is 52.9 Å². The summed E-state index contributed by atoms with van der Waals surface area (Å²) < 4.78 is 47.8. The minimum atomic E-state index is -3.83. The van der Waals surface area contributed by atoms with Crippen LogP contribution in [-0.4, -0.2) is 48.0 Å². The number of imidazole rings is 1. The van der Waals surface area contributed by atoms with Crippen LogP contribution in [-0.2, 0) is 33.4 Å². The molecule has 1 atom stereocenters. The molecule has 0 bridgehead atoms. The second-order valence-corrected chi connectivity index (χ2v) is 12.0. The molecule has 1 unspecified atom stereocenters. The number of rotatable bonds is 10. The Hall–Kier alpha value is -3.04. The van der Waals surface area contributed by atoms with Crippen molar-refractivity contribution in [2.24, 2.45) is 5.92 Å². The molecular formula is C28H32FN3O4S. The Morgan fingerprint density at radius 1 is 1.11 bits per heavy atom. The lowest BCUT2D eigenvalue weighted by molar-refractivity contribution is 0.0723. The zero-order chi connectivity index (χ0) is 26.0. The molecule has 2 aliphatic rings. The summed E-state index contributed by atoms with van der Waals surface area (Å²) in [5.74, 6) is -0.320. The van der Waals surface area contributed by atoms with E-state index in [0.29, 0.717) is 42.4 Å². The zero-order valence-corrected chi connectivity index (χ0v) is 21.8. The molecule has 0 radical (unpaired) electrons. The standard InChI is InChI=1S/C28H32FN3O4S/c1-20-4-10-23(11-5-20)27(33)31(16-21-6-7-21)17-25-15-30-28(32(25)18-26-3-2-14-36-26)37(34,35)19-22-8-12-24(29)13-9-22/h4-5,8-13,15,21,26H,2-3,6-7,14,16-19H2,1H3. The molecule has 2 fully saturated rings. The number of hydrogen-bond acceptors (Lipinski definition) is 5. The summed E-state index contributed by atoms with van der Waals surface area (Å²) in [6.07, 6.45) is 5.38. The summed E-state index contributed by atoms with van der Waals surface area (Å²) in [7, 11) is -3.83. The third-order valence-electron chi connectivity index (χ3n) is 6.97. The zero-order valence-electron chi connectivity index (χ0n) is 21.0. The van der Waals surface area contributed by atoms with Gasteiger partial charge in [0, 0.05) is 18.7 Å². The van der Waals surface area contributed by atoms with Gasteiger partial charge in [0.1, 0.15) is 5.82 Å². The van der Waals surface area contributed by atoms with E-state index in [1.54, 1.807) is 10.8 Å². The van der Waals surface area contributed by atoms with E-state index in [-0.39, 0.29) is 29.5 Å². The quantitative estimate of drug-likeness (QED) is 0.388. The van der Waals surface area contributed by atoms with Gasteiger partial charge in [-0.25, -0.2) is 17.8 Å². The molecule has 2 heterocycles. The van der Waals surface area contributed by atoms with Gasteiger partial charge in [-0.05, 0) is 68.4 Å². The number of nitrogens with zero attached hydrogens (tertiary/aromatic N) is 3. The summed E-state index contributed by atoms with van der Waals surface area (Å²) in [6, 6.07) is 13.0. The number of carbonyl (C=O) groups is 1. The maximum atomic E-state index is 13.5. The minimum Gasteiger partial charge on any atom is -0.376 e. The molecule has 3 aromatic rings. The topological polar surface area (TPSA) is 81.5 Å². The van der Waals surface area contributed by atoms with Crippen molar-refractivity contribution >= 4 is 15.7 Å². The molecule has 0 spiro atoms. The van der Waals surface area contributed by atoms with Gasteiger partial charge in [-0.15, -0.1) is 0 Å². The number of hydrogen-bond donors (Lipinski definition) is 0. The molecule has 5 rings (SSSR count). The van der Waals surface area contributed by atoms with Crippen molar-refractivity contribution in [3.63, 3.8) is 0 Å². The lowest BCUT2D eigenvalue weighted by Gasteiger charge is -2.24. The van der Waals surface area contributed by atoms with E-state index in [1.165, 1.54) is 24.3 Å². The SMILES string of the molecule is Cc1ccc(C(=O)N(Cc2cnc(S(=O)(=O)Cc3ccc(F)cc3)n2CC2CCCO2)CC2CC2)cc1. The highest BCUT2D eigenvalue weighted by Gasteiger charge is 2.31. The molecule has 2 aromatic carbocycles. The summed E-state index contributed by atoms with van der Waals surface area (Å²) in [5.41, 5.74) is 2.84. The van der Waals surface area contributed by atoms with Crippen molar-refractivity contribution in [2.45, 2.75) is 62.7 Å². The first-order valence-electron chi connectivity index (χ1n) is 12.8. The Bertz CT molecular complexity index is 1340. The fourth-order valence-electron chi connectivity index (χ4n) is 4.72. The lowest BCUT2D eigenvalue weighted by atomic mass is 10.1. The smallest absolute Gasteiger partial charge is 0.254 e. The average Bonchev–Trinajstić information content (AvgIpc) is 3.37. The molecule has 1 aliphatic heterocycles. The van der Waals surface area contributed by atoms with Gasteiger partial charge in [0.25, 0.3) is 5.91 Å². The van der Waals surface area contributed by atoms with E-state index in [0.717, 1.165) is 31.2 Å². The molecule has 196 valence electrons. The highest BCUT2D eigenvalue weighted by atomic mass is 32.2. The van der Waals surface area contributed by atoms with Crippen molar-refractivity contribution in [1.82, 2.24) is 14.5 Å². The number of aromatic nitrogens is 2. The Morgan fingerprint density at radius 2 is 1.84 bits per heavy atom. The van der Waals surface area contributed by atoms with E-state index in [4.69, 9.17) is 4.74 Å². The normalized spacial score (nSPS) is 17.7. The number of halogens is 1. The Labute approximate surface area is 217 Å². The Kier molecular flexibility index (Phi) is 7.44. The van der Waals surface area contributed by atoms with Crippen LogP contribution in [0.2, 0.25) is 0 Å². The molecule has 1 saturated carbocycles. The van der Waals surface area contributed by atoms with Gasteiger partial charge < -0.3 is 14.2 Å². The summed E-state index contributed by atoms with van der Waals surface area (Å²) in [6.45, 7) is 3.85. The molecular weight excluding hydrogens is 493 g/mol. The second-order valence-electron chi connectivity index (χ2n) is 10.2. The van der Waals surface area contributed by atoms with Gasteiger partial charge in [-0.1, -0.05) is 29.8 Å². The fourth-order valence-corrected chi connectivity index (χ4v) is 6.23. The number of sulfone groups is 1. The minimum absolute atomic E-state index is 0.0449. The number of aryl methyl sites for hydroxylation is 1. The molecule has 1 aromatic heterocycles. The average molecular weight is 526 g/mol. The number of ether oxygens (including phenoxy) is 1.